The Bertz CT molecular complexity index is 734. The maximum atomic E-state index is 12.8. The Labute approximate surface area is 147 Å². The standard InChI is InChI=1S/C14H16BrN3O3S2/c15-10-3-5-11(6-4-10)23(20,21)18-8-1-2-12(18)13(19)17-14-16-7-9-22-14/h3-6,12H,1-2,7-9H2,(H,16,17,19). The summed E-state index contributed by atoms with van der Waals surface area (Å²) in [4.78, 5) is 16.8. The van der Waals surface area contributed by atoms with E-state index < -0.39 is 16.1 Å². The first-order valence-corrected chi connectivity index (χ1v) is 10.5. The van der Waals surface area contributed by atoms with Gasteiger partial charge in [-0.25, -0.2) is 8.42 Å². The molecule has 1 unspecified atom stereocenters. The molecule has 2 heterocycles. The van der Waals surface area contributed by atoms with Crippen molar-refractivity contribution in [3.63, 3.8) is 0 Å². The maximum Gasteiger partial charge on any atom is 0.244 e. The normalized spacial score (nSPS) is 22.1. The van der Waals surface area contributed by atoms with Crippen molar-refractivity contribution in [2.75, 3.05) is 18.8 Å². The molecule has 0 radical (unpaired) electrons. The SMILES string of the molecule is O=C(NC1=NCCS1)C1CCCN1S(=O)(=O)c1ccc(Br)cc1. The first-order valence-electron chi connectivity index (χ1n) is 7.24. The number of rotatable bonds is 3. The molecule has 1 aromatic rings. The van der Waals surface area contributed by atoms with Crippen molar-refractivity contribution in [2.24, 2.45) is 4.99 Å². The van der Waals surface area contributed by atoms with E-state index in [9.17, 15) is 13.2 Å². The van der Waals surface area contributed by atoms with E-state index in [0.717, 1.165) is 10.2 Å². The first kappa shape index (κ1) is 16.9. The summed E-state index contributed by atoms with van der Waals surface area (Å²) in [6, 6.07) is 5.78. The van der Waals surface area contributed by atoms with Crippen LogP contribution in [0.2, 0.25) is 0 Å². The maximum absolute atomic E-state index is 12.8. The lowest BCUT2D eigenvalue weighted by Gasteiger charge is -2.23. The van der Waals surface area contributed by atoms with Gasteiger partial charge >= 0.3 is 0 Å². The van der Waals surface area contributed by atoms with Crippen LogP contribution in [0, 0.1) is 0 Å². The molecule has 23 heavy (non-hydrogen) atoms. The van der Waals surface area contributed by atoms with E-state index in [0.29, 0.717) is 31.1 Å². The molecule has 1 aromatic carbocycles. The highest BCUT2D eigenvalue weighted by Gasteiger charge is 2.39. The number of carbonyl (C=O) groups is 1. The summed E-state index contributed by atoms with van der Waals surface area (Å²) in [6.07, 6.45) is 1.20. The lowest BCUT2D eigenvalue weighted by molar-refractivity contribution is -0.122. The van der Waals surface area contributed by atoms with Crippen molar-refractivity contribution >= 4 is 48.8 Å². The molecule has 0 spiro atoms. The Morgan fingerprint density at radius 2 is 2.09 bits per heavy atom. The predicted octanol–water partition coefficient (Wildman–Crippen LogP) is 1.82. The quantitative estimate of drug-likeness (QED) is 0.813. The second-order valence-corrected chi connectivity index (χ2v) is 9.14. The summed E-state index contributed by atoms with van der Waals surface area (Å²) < 4.78 is 27.7. The van der Waals surface area contributed by atoms with Crippen molar-refractivity contribution in [3.05, 3.63) is 28.7 Å². The molecule has 6 nitrogen and oxygen atoms in total. The van der Waals surface area contributed by atoms with Crippen LogP contribution >= 0.6 is 27.7 Å². The van der Waals surface area contributed by atoms with Gasteiger partial charge < -0.3 is 5.32 Å². The molecular formula is C14H16BrN3O3S2. The summed E-state index contributed by atoms with van der Waals surface area (Å²) in [6.45, 7) is 1.04. The van der Waals surface area contributed by atoms with Crippen LogP contribution in [0.5, 0.6) is 0 Å². The molecule has 0 aliphatic carbocycles. The summed E-state index contributed by atoms with van der Waals surface area (Å²) in [5, 5.41) is 3.33. The summed E-state index contributed by atoms with van der Waals surface area (Å²) in [5.74, 6) is 0.553. The smallest absolute Gasteiger partial charge is 0.244 e. The first-order chi connectivity index (χ1) is 11.0. The Morgan fingerprint density at radius 3 is 2.74 bits per heavy atom. The third kappa shape index (κ3) is 3.62. The van der Waals surface area contributed by atoms with E-state index in [2.05, 4.69) is 26.2 Å². The lowest BCUT2D eigenvalue weighted by Crippen LogP contribution is -2.46. The third-order valence-electron chi connectivity index (χ3n) is 3.74. The van der Waals surface area contributed by atoms with Crippen LogP contribution in [0.4, 0.5) is 0 Å². The zero-order valence-corrected chi connectivity index (χ0v) is 15.5. The molecule has 0 bridgehead atoms. The summed E-state index contributed by atoms with van der Waals surface area (Å²) >= 11 is 4.77. The lowest BCUT2D eigenvalue weighted by atomic mass is 10.2. The zero-order valence-electron chi connectivity index (χ0n) is 12.2. The highest BCUT2D eigenvalue weighted by molar-refractivity contribution is 9.10. The monoisotopic (exact) mass is 417 g/mol. The number of amides is 1. The number of aliphatic imine (C=N–C) groups is 1. The van der Waals surface area contributed by atoms with Gasteiger partial charge in [0.05, 0.1) is 11.4 Å². The van der Waals surface area contributed by atoms with Crippen LogP contribution in [0.3, 0.4) is 0 Å². The minimum absolute atomic E-state index is 0.202. The van der Waals surface area contributed by atoms with Crippen molar-refractivity contribution in [1.82, 2.24) is 9.62 Å². The molecule has 1 amide bonds. The topological polar surface area (TPSA) is 78.8 Å². The minimum Gasteiger partial charge on any atom is -0.304 e. The number of amidine groups is 1. The molecule has 1 saturated heterocycles. The van der Waals surface area contributed by atoms with E-state index in [1.165, 1.54) is 16.1 Å². The van der Waals surface area contributed by atoms with Crippen molar-refractivity contribution in [2.45, 2.75) is 23.8 Å². The van der Waals surface area contributed by atoms with Crippen LogP contribution in [0.25, 0.3) is 0 Å². The van der Waals surface area contributed by atoms with Gasteiger partial charge in [-0.1, -0.05) is 27.7 Å². The van der Waals surface area contributed by atoms with Crippen molar-refractivity contribution in [1.29, 1.82) is 0 Å². The second-order valence-electron chi connectivity index (χ2n) is 5.25. The largest absolute Gasteiger partial charge is 0.304 e. The van der Waals surface area contributed by atoms with Gasteiger partial charge in [0, 0.05) is 16.8 Å². The molecule has 0 aromatic heterocycles. The number of nitrogens with one attached hydrogen (secondary N) is 1. The van der Waals surface area contributed by atoms with E-state index >= 15 is 0 Å². The predicted molar refractivity (Wildman–Crippen MR) is 94.0 cm³/mol. The zero-order chi connectivity index (χ0) is 16.4. The molecule has 9 heteroatoms. The number of sulfonamides is 1. The summed E-state index contributed by atoms with van der Waals surface area (Å²) in [5.41, 5.74) is 0. The van der Waals surface area contributed by atoms with Gasteiger partial charge in [0.25, 0.3) is 0 Å². The van der Waals surface area contributed by atoms with Gasteiger partial charge in [0.1, 0.15) is 6.04 Å². The Balaban J connectivity index is 1.80. The molecule has 124 valence electrons. The number of thioether (sulfide) groups is 1. The van der Waals surface area contributed by atoms with Crippen molar-refractivity contribution < 1.29 is 13.2 Å². The van der Waals surface area contributed by atoms with Crippen LogP contribution in [-0.4, -0.2) is 48.7 Å². The average molecular weight is 418 g/mol. The molecule has 0 saturated carbocycles. The Kier molecular flexibility index (Phi) is 5.10. The molecule has 3 rings (SSSR count). The second kappa shape index (κ2) is 6.92. The number of carbonyl (C=O) groups excluding carboxylic acids is 1. The van der Waals surface area contributed by atoms with E-state index in [4.69, 9.17) is 0 Å². The molecule has 2 aliphatic rings. The van der Waals surface area contributed by atoms with Gasteiger partial charge in [0.2, 0.25) is 15.9 Å². The van der Waals surface area contributed by atoms with Gasteiger partial charge in [-0.3, -0.25) is 9.79 Å². The van der Waals surface area contributed by atoms with Gasteiger partial charge in [-0.2, -0.15) is 4.31 Å². The van der Waals surface area contributed by atoms with E-state index in [1.54, 1.807) is 24.3 Å². The number of halogens is 1. The van der Waals surface area contributed by atoms with Gasteiger partial charge in [-0.05, 0) is 37.1 Å². The fraction of sp³-hybridized carbons (Fsp3) is 0.429. The molecule has 2 aliphatic heterocycles. The Hall–Kier alpha value is -0.900. The molecule has 1 fully saturated rings. The van der Waals surface area contributed by atoms with Crippen LogP contribution in [0.1, 0.15) is 12.8 Å². The highest BCUT2D eigenvalue weighted by Crippen LogP contribution is 2.27. The van der Waals surface area contributed by atoms with Crippen LogP contribution in [-0.2, 0) is 14.8 Å². The fourth-order valence-electron chi connectivity index (χ4n) is 2.63. The van der Waals surface area contributed by atoms with Crippen LogP contribution in [0.15, 0.2) is 38.6 Å². The number of benzene rings is 1. The number of hydrogen-bond acceptors (Lipinski definition) is 5. The molecular weight excluding hydrogens is 402 g/mol. The Morgan fingerprint density at radius 1 is 1.35 bits per heavy atom. The third-order valence-corrected chi connectivity index (χ3v) is 7.08. The molecule has 1 atom stereocenters. The molecule has 1 N–H and O–H groups in total. The average Bonchev–Trinajstić information content (AvgIpc) is 3.19. The minimum atomic E-state index is -3.68. The van der Waals surface area contributed by atoms with Gasteiger partial charge in [0.15, 0.2) is 5.17 Å². The van der Waals surface area contributed by atoms with E-state index in [1.807, 2.05) is 0 Å². The van der Waals surface area contributed by atoms with Gasteiger partial charge in [-0.15, -0.1) is 0 Å². The number of hydrogen-bond donors (Lipinski definition) is 1. The van der Waals surface area contributed by atoms with Crippen LogP contribution < -0.4 is 5.32 Å². The van der Waals surface area contributed by atoms with Crippen molar-refractivity contribution in [3.8, 4) is 0 Å². The van der Waals surface area contributed by atoms with E-state index in [-0.39, 0.29) is 10.8 Å². The summed E-state index contributed by atoms with van der Waals surface area (Å²) in [7, 11) is -3.68. The number of nitrogens with zero attached hydrogens (tertiary/aromatic N) is 2. The highest BCUT2D eigenvalue weighted by atomic mass is 79.9. The fourth-order valence-corrected chi connectivity index (χ4v) is 5.28.